The van der Waals surface area contributed by atoms with Gasteiger partial charge in [0.2, 0.25) is 0 Å². The lowest BCUT2D eigenvalue weighted by molar-refractivity contribution is 0.121. The number of hydrogen-bond acceptors (Lipinski definition) is 4. The van der Waals surface area contributed by atoms with Crippen molar-refractivity contribution in [1.29, 1.82) is 0 Å². The normalized spacial score (nSPS) is 12.7. The minimum Gasteiger partial charge on any atom is -0.453 e. The first-order valence-corrected chi connectivity index (χ1v) is 10.9. The van der Waals surface area contributed by atoms with E-state index in [2.05, 4.69) is 26.1 Å². The Bertz CT molecular complexity index is 971. The number of aliphatic hydroxyl groups is 1. The molecule has 0 saturated heterocycles. The Morgan fingerprint density at radius 2 is 1.28 bits per heavy atom. The second kappa shape index (κ2) is 11.9. The summed E-state index contributed by atoms with van der Waals surface area (Å²) in [7, 11) is 0. The summed E-state index contributed by atoms with van der Waals surface area (Å²) in [6, 6.07) is 21.7. The number of nitrogens with one attached hydrogen (secondary N) is 1. The number of benzene rings is 3. The van der Waals surface area contributed by atoms with Crippen molar-refractivity contribution >= 4 is 12.4 Å². The number of ether oxygens (including phenoxy) is 2. The first-order chi connectivity index (χ1) is 14.9. The van der Waals surface area contributed by atoms with E-state index in [0.717, 1.165) is 29.0 Å². The molecule has 2 unspecified atom stereocenters. The molecule has 3 aromatic rings. The average Bonchev–Trinajstić information content (AvgIpc) is 2.75. The molecular formula is C27H34ClNO3. The minimum absolute atomic E-state index is 0. The van der Waals surface area contributed by atoms with Gasteiger partial charge in [0.25, 0.3) is 0 Å². The lowest BCUT2D eigenvalue weighted by atomic mass is 9.99. The maximum atomic E-state index is 11.0. The van der Waals surface area contributed by atoms with Gasteiger partial charge >= 0.3 is 0 Å². The van der Waals surface area contributed by atoms with E-state index in [1.807, 2.05) is 80.6 Å². The molecule has 3 rings (SSSR count). The molecule has 0 aliphatic heterocycles. The molecule has 0 radical (unpaired) electrons. The van der Waals surface area contributed by atoms with Gasteiger partial charge in [-0.25, -0.2) is 0 Å². The predicted molar refractivity (Wildman–Crippen MR) is 134 cm³/mol. The largest absolute Gasteiger partial charge is 0.453 e. The van der Waals surface area contributed by atoms with Crippen molar-refractivity contribution in [2.24, 2.45) is 0 Å². The fraction of sp³-hybridized carbons (Fsp3) is 0.333. The van der Waals surface area contributed by atoms with E-state index < -0.39 is 6.10 Å². The molecule has 0 aromatic heterocycles. The van der Waals surface area contributed by atoms with Crippen molar-refractivity contribution in [1.82, 2.24) is 5.32 Å². The second-order valence-corrected chi connectivity index (χ2v) is 8.32. The van der Waals surface area contributed by atoms with E-state index in [-0.39, 0.29) is 24.5 Å². The van der Waals surface area contributed by atoms with Crippen molar-refractivity contribution in [3.05, 3.63) is 83.4 Å². The first kappa shape index (κ1) is 25.7. The Morgan fingerprint density at radius 3 is 1.75 bits per heavy atom. The summed E-state index contributed by atoms with van der Waals surface area (Å²) >= 11 is 0. The highest BCUT2D eigenvalue weighted by molar-refractivity contribution is 5.85. The number of hydrogen-bond donors (Lipinski definition) is 2. The van der Waals surface area contributed by atoms with Crippen LogP contribution >= 0.6 is 12.4 Å². The molecule has 4 nitrogen and oxygen atoms in total. The number of aryl methyl sites for hydroxylation is 2. The highest BCUT2D eigenvalue weighted by Crippen LogP contribution is 2.37. The second-order valence-electron chi connectivity index (χ2n) is 8.32. The minimum atomic E-state index is -0.652. The Morgan fingerprint density at radius 1 is 0.781 bits per heavy atom. The standard InChI is InChI=1S/C27H33NO3.ClH/c1-6-24(28-18(2)3)27(29)21-11-16-25(30-22-12-7-19(4)8-13-22)26(17-21)31-23-14-9-20(5)10-15-23;/h7-18,24,27-29H,6H2,1-5H3;1H. The third kappa shape index (κ3) is 6.99. The number of rotatable bonds is 9. The lowest BCUT2D eigenvalue weighted by Crippen LogP contribution is -2.38. The third-order valence-electron chi connectivity index (χ3n) is 5.18. The van der Waals surface area contributed by atoms with Gasteiger partial charge in [0, 0.05) is 12.1 Å². The summed E-state index contributed by atoms with van der Waals surface area (Å²) in [6.45, 7) is 10.3. The molecule has 2 N–H and O–H groups in total. The molecule has 172 valence electrons. The molecule has 32 heavy (non-hydrogen) atoms. The predicted octanol–water partition coefficient (Wildman–Crippen LogP) is 7.12. The van der Waals surface area contributed by atoms with Gasteiger partial charge in [-0.3, -0.25) is 0 Å². The Kier molecular flexibility index (Phi) is 9.58. The monoisotopic (exact) mass is 455 g/mol. The van der Waals surface area contributed by atoms with Crippen molar-refractivity contribution in [3.63, 3.8) is 0 Å². The van der Waals surface area contributed by atoms with Crippen molar-refractivity contribution in [2.45, 2.75) is 59.2 Å². The van der Waals surface area contributed by atoms with Crippen LogP contribution in [0.3, 0.4) is 0 Å². The highest BCUT2D eigenvalue weighted by Gasteiger charge is 2.22. The van der Waals surface area contributed by atoms with Crippen LogP contribution in [0, 0.1) is 13.8 Å². The third-order valence-corrected chi connectivity index (χ3v) is 5.18. The van der Waals surface area contributed by atoms with Crippen LogP contribution in [0.5, 0.6) is 23.0 Å². The van der Waals surface area contributed by atoms with Gasteiger partial charge < -0.3 is 19.9 Å². The van der Waals surface area contributed by atoms with Crippen molar-refractivity contribution < 1.29 is 14.6 Å². The smallest absolute Gasteiger partial charge is 0.170 e. The summed E-state index contributed by atoms with van der Waals surface area (Å²) in [5.41, 5.74) is 3.13. The van der Waals surface area contributed by atoms with Crippen LogP contribution in [-0.2, 0) is 0 Å². The number of aliphatic hydroxyl groups excluding tert-OH is 1. The molecule has 0 bridgehead atoms. The molecule has 5 heteroatoms. The lowest BCUT2D eigenvalue weighted by Gasteiger charge is -2.26. The zero-order valence-corrected chi connectivity index (χ0v) is 20.3. The summed E-state index contributed by atoms with van der Waals surface area (Å²) in [6.07, 6.45) is 0.163. The molecule has 2 atom stereocenters. The molecule has 0 aliphatic carbocycles. The molecular weight excluding hydrogens is 422 g/mol. The van der Waals surface area contributed by atoms with Crippen LogP contribution in [-0.4, -0.2) is 17.2 Å². The van der Waals surface area contributed by atoms with E-state index in [0.29, 0.717) is 11.5 Å². The Balaban J connectivity index is 0.00000363. The summed E-state index contributed by atoms with van der Waals surface area (Å²) < 4.78 is 12.3. The van der Waals surface area contributed by atoms with Crippen LogP contribution in [0.1, 0.15) is 50.0 Å². The Labute approximate surface area is 198 Å². The topological polar surface area (TPSA) is 50.7 Å². The van der Waals surface area contributed by atoms with E-state index in [4.69, 9.17) is 9.47 Å². The van der Waals surface area contributed by atoms with E-state index >= 15 is 0 Å². The fourth-order valence-corrected chi connectivity index (χ4v) is 3.43. The van der Waals surface area contributed by atoms with Crippen LogP contribution in [0.2, 0.25) is 0 Å². The first-order valence-electron chi connectivity index (χ1n) is 10.9. The summed E-state index contributed by atoms with van der Waals surface area (Å²) in [5.74, 6) is 2.63. The van der Waals surface area contributed by atoms with Gasteiger partial charge in [0.05, 0.1) is 6.10 Å². The van der Waals surface area contributed by atoms with Crippen LogP contribution < -0.4 is 14.8 Å². The molecule has 0 fully saturated rings. The summed E-state index contributed by atoms with van der Waals surface area (Å²) in [4.78, 5) is 0. The van der Waals surface area contributed by atoms with Crippen LogP contribution in [0.15, 0.2) is 66.7 Å². The SMILES string of the molecule is CCC(NC(C)C)C(O)c1ccc(Oc2ccc(C)cc2)c(Oc2ccc(C)cc2)c1.Cl. The van der Waals surface area contributed by atoms with Gasteiger partial charge in [-0.2, -0.15) is 0 Å². The van der Waals surface area contributed by atoms with Crippen molar-refractivity contribution in [2.75, 3.05) is 0 Å². The maximum absolute atomic E-state index is 11.0. The molecule has 0 spiro atoms. The van der Waals surface area contributed by atoms with Gasteiger partial charge in [0.15, 0.2) is 11.5 Å². The zero-order chi connectivity index (χ0) is 22.4. The van der Waals surface area contributed by atoms with E-state index in [1.54, 1.807) is 0 Å². The average molecular weight is 456 g/mol. The van der Waals surface area contributed by atoms with E-state index in [1.165, 1.54) is 5.56 Å². The molecule has 0 aliphatic rings. The van der Waals surface area contributed by atoms with E-state index in [9.17, 15) is 5.11 Å². The van der Waals surface area contributed by atoms with Crippen molar-refractivity contribution in [3.8, 4) is 23.0 Å². The molecule has 3 aromatic carbocycles. The molecule has 0 saturated carbocycles. The summed E-state index contributed by atoms with van der Waals surface area (Å²) in [5, 5.41) is 14.4. The molecule has 0 heterocycles. The quantitative estimate of drug-likeness (QED) is 0.360. The highest BCUT2D eigenvalue weighted by atomic mass is 35.5. The Hall–Kier alpha value is -2.53. The number of halogens is 1. The zero-order valence-electron chi connectivity index (χ0n) is 19.5. The fourth-order valence-electron chi connectivity index (χ4n) is 3.43. The maximum Gasteiger partial charge on any atom is 0.170 e. The van der Waals surface area contributed by atoms with Gasteiger partial charge in [0.1, 0.15) is 11.5 Å². The van der Waals surface area contributed by atoms with Crippen LogP contribution in [0.4, 0.5) is 0 Å². The van der Waals surface area contributed by atoms with Gasteiger partial charge in [-0.05, 0) is 62.2 Å². The van der Waals surface area contributed by atoms with Crippen LogP contribution in [0.25, 0.3) is 0 Å². The van der Waals surface area contributed by atoms with Gasteiger partial charge in [-0.15, -0.1) is 12.4 Å². The molecule has 0 amide bonds. The van der Waals surface area contributed by atoms with Gasteiger partial charge in [-0.1, -0.05) is 62.2 Å².